The lowest BCUT2D eigenvalue weighted by molar-refractivity contribution is 0.939. The second kappa shape index (κ2) is 5.35. The van der Waals surface area contributed by atoms with Gasteiger partial charge >= 0.3 is 4.87 Å². The molecule has 1 aromatic carbocycles. The van der Waals surface area contributed by atoms with E-state index in [0.717, 1.165) is 21.5 Å². The first-order valence-electron chi connectivity index (χ1n) is 6.31. The van der Waals surface area contributed by atoms with Gasteiger partial charge in [0.2, 0.25) is 0 Å². The summed E-state index contributed by atoms with van der Waals surface area (Å²) >= 11 is 1.24. The van der Waals surface area contributed by atoms with Gasteiger partial charge in [-0.15, -0.1) is 0 Å². The second-order valence-corrected chi connectivity index (χ2v) is 5.56. The fourth-order valence-corrected chi connectivity index (χ4v) is 2.93. The number of rotatable bonds is 2. The molecule has 0 fully saturated rings. The van der Waals surface area contributed by atoms with Crippen LogP contribution in [0, 0.1) is 11.3 Å². The molecule has 4 nitrogen and oxygen atoms in total. The first kappa shape index (κ1) is 13.3. The van der Waals surface area contributed by atoms with E-state index < -0.39 is 0 Å². The number of benzene rings is 1. The van der Waals surface area contributed by atoms with Crippen molar-refractivity contribution in [1.82, 2.24) is 9.55 Å². The van der Waals surface area contributed by atoms with Crippen LogP contribution in [0.5, 0.6) is 0 Å². The molecular formula is C16H11N3OS. The molecule has 0 N–H and O–H groups in total. The number of thiazole rings is 1. The Bertz CT molecular complexity index is 927. The highest BCUT2D eigenvalue weighted by Gasteiger charge is 2.03. The average Bonchev–Trinajstić information content (AvgIpc) is 2.80. The lowest BCUT2D eigenvalue weighted by atomic mass is 10.2. The van der Waals surface area contributed by atoms with Gasteiger partial charge in [-0.25, -0.2) is 0 Å². The number of aromatic nitrogens is 2. The van der Waals surface area contributed by atoms with Gasteiger partial charge in [-0.1, -0.05) is 23.5 Å². The van der Waals surface area contributed by atoms with Crippen LogP contribution in [0.3, 0.4) is 0 Å². The van der Waals surface area contributed by atoms with Crippen molar-refractivity contribution in [3.05, 3.63) is 63.0 Å². The minimum absolute atomic E-state index is 0.0416. The predicted molar refractivity (Wildman–Crippen MR) is 84.9 cm³/mol. The second-order valence-electron chi connectivity index (χ2n) is 4.57. The molecule has 5 heteroatoms. The third-order valence-corrected chi connectivity index (χ3v) is 4.17. The van der Waals surface area contributed by atoms with Crippen LogP contribution < -0.4 is 4.87 Å². The number of fused-ring (bicyclic) bond motifs is 1. The molecular weight excluding hydrogens is 282 g/mol. The first-order chi connectivity index (χ1) is 10.2. The van der Waals surface area contributed by atoms with Gasteiger partial charge in [0.25, 0.3) is 0 Å². The molecule has 0 aliphatic carbocycles. The van der Waals surface area contributed by atoms with Crippen LogP contribution in [0.15, 0.2) is 41.3 Å². The standard InChI is InChI=1S/C16H11N3OS/c1-19-14-7-4-11(8-15(14)21-16(19)20)2-5-13-6-3-12(9-17)10-18-13/h2-8,10H,1H3/b5-2+. The fraction of sp³-hybridized carbons (Fsp3) is 0.0625. The molecule has 21 heavy (non-hydrogen) atoms. The highest BCUT2D eigenvalue weighted by atomic mass is 32.1. The van der Waals surface area contributed by atoms with Crippen LogP contribution in [0.25, 0.3) is 22.4 Å². The fourth-order valence-electron chi connectivity index (χ4n) is 2.01. The smallest absolute Gasteiger partial charge is 0.302 e. The summed E-state index contributed by atoms with van der Waals surface area (Å²) in [4.78, 5) is 15.8. The molecule has 0 spiro atoms. The Labute approximate surface area is 125 Å². The molecule has 0 radical (unpaired) electrons. The van der Waals surface area contributed by atoms with Crippen LogP contribution in [0.4, 0.5) is 0 Å². The number of nitrogens with zero attached hydrogens (tertiary/aromatic N) is 3. The van der Waals surface area contributed by atoms with E-state index >= 15 is 0 Å². The maximum Gasteiger partial charge on any atom is 0.307 e. The van der Waals surface area contributed by atoms with E-state index in [4.69, 9.17) is 5.26 Å². The number of aryl methyl sites for hydroxylation is 1. The van der Waals surface area contributed by atoms with Crippen LogP contribution in [0.2, 0.25) is 0 Å². The van der Waals surface area contributed by atoms with E-state index in [-0.39, 0.29) is 4.87 Å². The third kappa shape index (κ3) is 2.62. The molecule has 0 unspecified atom stereocenters. The Kier molecular flexibility index (Phi) is 3.38. The quantitative estimate of drug-likeness (QED) is 0.729. The van der Waals surface area contributed by atoms with E-state index in [1.54, 1.807) is 29.9 Å². The number of hydrogen-bond donors (Lipinski definition) is 0. The van der Waals surface area contributed by atoms with E-state index in [1.165, 1.54) is 11.3 Å². The zero-order valence-electron chi connectivity index (χ0n) is 11.3. The molecule has 2 heterocycles. The largest absolute Gasteiger partial charge is 0.307 e. The van der Waals surface area contributed by atoms with Crippen molar-refractivity contribution in [3.8, 4) is 6.07 Å². The van der Waals surface area contributed by atoms with Gasteiger partial charge in [-0.05, 0) is 35.9 Å². The molecule has 102 valence electrons. The average molecular weight is 293 g/mol. The van der Waals surface area contributed by atoms with Crippen molar-refractivity contribution in [2.24, 2.45) is 7.05 Å². The van der Waals surface area contributed by atoms with E-state index in [2.05, 4.69) is 4.98 Å². The lowest BCUT2D eigenvalue weighted by Crippen LogP contribution is -2.06. The minimum atomic E-state index is 0.0416. The van der Waals surface area contributed by atoms with Crippen molar-refractivity contribution < 1.29 is 0 Å². The summed E-state index contributed by atoms with van der Waals surface area (Å²) in [5.74, 6) is 0. The van der Waals surface area contributed by atoms with E-state index in [9.17, 15) is 4.79 Å². The summed E-state index contributed by atoms with van der Waals surface area (Å²) in [6, 6.07) is 11.5. The Morgan fingerprint density at radius 2 is 2.14 bits per heavy atom. The molecule has 3 aromatic rings. The topological polar surface area (TPSA) is 58.7 Å². The van der Waals surface area contributed by atoms with Gasteiger partial charge < -0.3 is 4.57 Å². The number of nitriles is 1. The summed E-state index contributed by atoms with van der Waals surface area (Å²) in [5, 5.41) is 8.73. The van der Waals surface area contributed by atoms with Gasteiger partial charge in [-0.3, -0.25) is 9.78 Å². The van der Waals surface area contributed by atoms with Crippen LogP contribution >= 0.6 is 11.3 Å². The Morgan fingerprint density at radius 3 is 2.86 bits per heavy atom. The van der Waals surface area contributed by atoms with Crippen molar-refractivity contribution in [2.75, 3.05) is 0 Å². The summed E-state index contributed by atoms with van der Waals surface area (Å²) in [6.45, 7) is 0. The molecule has 0 aliphatic rings. The SMILES string of the molecule is Cn1c(=O)sc2cc(/C=C/c3ccc(C#N)cn3)ccc21. The van der Waals surface area contributed by atoms with Crippen LogP contribution in [-0.4, -0.2) is 9.55 Å². The van der Waals surface area contributed by atoms with Gasteiger partial charge in [0.05, 0.1) is 21.5 Å². The molecule has 3 rings (SSSR count). The minimum Gasteiger partial charge on any atom is -0.302 e. The van der Waals surface area contributed by atoms with Crippen molar-refractivity contribution in [1.29, 1.82) is 5.26 Å². The normalized spacial score (nSPS) is 11.0. The lowest BCUT2D eigenvalue weighted by Gasteiger charge is -1.97. The van der Waals surface area contributed by atoms with Gasteiger partial charge in [0, 0.05) is 13.2 Å². The monoisotopic (exact) mass is 293 g/mol. The highest BCUT2D eigenvalue weighted by Crippen LogP contribution is 2.19. The van der Waals surface area contributed by atoms with E-state index in [0.29, 0.717) is 5.56 Å². The summed E-state index contributed by atoms with van der Waals surface area (Å²) < 4.78 is 2.62. The molecule has 0 aliphatic heterocycles. The first-order valence-corrected chi connectivity index (χ1v) is 7.13. The zero-order chi connectivity index (χ0) is 14.8. The van der Waals surface area contributed by atoms with Crippen molar-refractivity contribution in [3.63, 3.8) is 0 Å². The molecule has 0 saturated heterocycles. The van der Waals surface area contributed by atoms with Crippen molar-refractivity contribution >= 4 is 33.7 Å². The number of hydrogen-bond acceptors (Lipinski definition) is 4. The maximum atomic E-state index is 11.6. The summed E-state index contributed by atoms with van der Waals surface area (Å²) in [7, 11) is 1.78. The van der Waals surface area contributed by atoms with Crippen molar-refractivity contribution in [2.45, 2.75) is 0 Å². The summed E-state index contributed by atoms with van der Waals surface area (Å²) in [6.07, 6.45) is 5.37. The summed E-state index contributed by atoms with van der Waals surface area (Å²) in [5.41, 5.74) is 3.28. The Balaban J connectivity index is 1.92. The van der Waals surface area contributed by atoms with Crippen LogP contribution in [-0.2, 0) is 7.05 Å². The van der Waals surface area contributed by atoms with Gasteiger partial charge in [0.15, 0.2) is 0 Å². The van der Waals surface area contributed by atoms with E-state index in [1.807, 2.05) is 36.4 Å². The predicted octanol–water partition coefficient (Wildman–Crippen LogP) is 3.04. The Hall–Kier alpha value is -2.71. The molecule has 0 amide bonds. The molecule has 2 aromatic heterocycles. The van der Waals surface area contributed by atoms with Crippen LogP contribution in [0.1, 0.15) is 16.8 Å². The molecule has 0 atom stereocenters. The number of pyridine rings is 1. The van der Waals surface area contributed by atoms with Gasteiger partial charge in [0.1, 0.15) is 6.07 Å². The Morgan fingerprint density at radius 1 is 1.29 bits per heavy atom. The maximum absolute atomic E-state index is 11.6. The zero-order valence-corrected chi connectivity index (χ0v) is 12.1. The molecule has 0 saturated carbocycles. The third-order valence-electron chi connectivity index (χ3n) is 3.18. The van der Waals surface area contributed by atoms with Gasteiger partial charge in [-0.2, -0.15) is 5.26 Å². The highest BCUT2D eigenvalue weighted by molar-refractivity contribution is 7.16. The molecule has 0 bridgehead atoms.